The number of nitrogens with zero attached hydrogens (tertiary/aromatic N) is 1. The molecule has 0 saturated carbocycles. The third-order valence-electron chi connectivity index (χ3n) is 4.65. The van der Waals surface area contributed by atoms with Gasteiger partial charge < -0.3 is 16.0 Å². The first-order valence-electron chi connectivity index (χ1n) is 9.65. The maximum Gasteiger partial charge on any atom is 0.459 e. The molecule has 200 valence electrons. The van der Waals surface area contributed by atoms with E-state index in [2.05, 4.69) is 10.3 Å². The summed E-state index contributed by atoms with van der Waals surface area (Å²) in [5.41, 5.74) is -6.18. The molecule has 0 saturated heterocycles. The molecular weight excluding hydrogens is 547 g/mol. The molecule has 37 heavy (non-hydrogen) atoms. The maximum absolute atomic E-state index is 13.8. The van der Waals surface area contributed by atoms with E-state index in [0.29, 0.717) is 7.05 Å². The standard InChI is InChI=1S/C21H14ClF9N4O2/c1-33-15(14(20(26,27)28)16(32)19(24,25)21(29,30)31)18(37)34-9-6-7-11(22)10(8-9)17(36)35-13-5-3-2-4-12(13)23/h2-8,14,32H,1H3,(H,34,37)(H,35,36). The van der Waals surface area contributed by atoms with Crippen molar-refractivity contribution in [3.63, 3.8) is 0 Å². The maximum atomic E-state index is 13.8. The number of halogens is 10. The van der Waals surface area contributed by atoms with E-state index >= 15 is 0 Å². The van der Waals surface area contributed by atoms with Gasteiger partial charge in [0.15, 0.2) is 0 Å². The molecule has 2 rings (SSSR count). The van der Waals surface area contributed by atoms with Crippen LogP contribution in [0, 0.1) is 17.1 Å². The third-order valence-corrected chi connectivity index (χ3v) is 4.98. The first-order chi connectivity index (χ1) is 16.9. The average Bonchev–Trinajstić information content (AvgIpc) is 2.77. The molecule has 0 aliphatic rings. The molecule has 0 aliphatic carbocycles. The predicted octanol–water partition coefficient (Wildman–Crippen LogP) is 6.14. The summed E-state index contributed by atoms with van der Waals surface area (Å²) in [6.07, 6.45) is -12.5. The molecule has 0 fully saturated rings. The molecule has 1 atom stereocenters. The van der Waals surface area contributed by atoms with Crippen molar-refractivity contribution in [3.8, 4) is 0 Å². The van der Waals surface area contributed by atoms with Crippen LogP contribution in [-0.2, 0) is 4.79 Å². The zero-order chi connectivity index (χ0) is 28.3. The van der Waals surface area contributed by atoms with Crippen molar-refractivity contribution < 1.29 is 49.1 Å². The lowest BCUT2D eigenvalue weighted by Gasteiger charge is -2.28. The highest BCUT2D eigenvalue weighted by Crippen LogP contribution is 2.42. The van der Waals surface area contributed by atoms with Crippen molar-refractivity contribution in [2.24, 2.45) is 10.9 Å². The Morgan fingerprint density at radius 3 is 2.08 bits per heavy atom. The second-order valence-corrected chi connectivity index (χ2v) is 7.56. The van der Waals surface area contributed by atoms with E-state index in [1.807, 2.05) is 0 Å². The SMILES string of the molecule is CN=C(C(=O)Nc1ccc(Cl)c(C(=O)Nc2ccccc2F)c1)C(C(=N)C(F)(F)C(F)(F)F)C(F)(F)F. The molecule has 0 aliphatic heterocycles. The van der Waals surface area contributed by atoms with Gasteiger partial charge in [0, 0.05) is 12.7 Å². The van der Waals surface area contributed by atoms with Gasteiger partial charge in [0.25, 0.3) is 11.8 Å². The number of benzene rings is 2. The van der Waals surface area contributed by atoms with E-state index in [9.17, 15) is 49.1 Å². The summed E-state index contributed by atoms with van der Waals surface area (Å²) in [6.45, 7) is 0. The number of hydrogen-bond donors (Lipinski definition) is 3. The number of amides is 2. The summed E-state index contributed by atoms with van der Waals surface area (Å²) >= 11 is 5.91. The van der Waals surface area contributed by atoms with E-state index in [-0.39, 0.29) is 10.7 Å². The quantitative estimate of drug-likeness (QED) is 0.280. The molecule has 2 amide bonds. The monoisotopic (exact) mass is 560 g/mol. The van der Waals surface area contributed by atoms with Gasteiger partial charge >= 0.3 is 18.3 Å². The van der Waals surface area contributed by atoms with E-state index in [4.69, 9.17) is 17.0 Å². The van der Waals surface area contributed by atoms with Crippen LogP contribution in [0.25, 0.3) is 0 Å². The molecule has 3 N–H and O–H groups in total. The lowest BCUT2D eigenvalue weighted by molar-refractivity contribution is -0.253. The van der Waals surface area contributed by atoms with E-state index in [1.165, 1.54) is 18.2 Å². The van der Waals surface area contributed by atoms with Gasteiger partial charge in [0.2, 0.25) is 0 Å². The molecule has 0 bridgehead atoms. The average molecular weight is 561 g/mol. The molecule has 0 radical (unpaired) electrons. The van der Waals surface area contributed by atoms with Crippen molar-refractivity contribution in [1.29, 1.82) is 5.41 Å². The van der Waals surface area contributed by atoms with Gasteiger partial charge in [-0.25, -0.2) is 4.39 Å². The van der Waals surface area contributed by atoms with Crippen LogP contribution < -0.4 is 10.6 Å². The van der Waals surface area contributed by atoms with Crippen LogP contribution >= 0.6 is 11.6 Å². The summed E-state index contributed by atoms with van der Waals surface area (Å²) in [5, 5.41) is 10.7. The van der Waals surface area contributed by atoms with Crippen LogP contribution in [-0.4, -0.2) is 48.6 Å². The summed E-state index contributed by atoms with van der Waals surface area (Å²) in [6, 6.07) is 7.72. The second kappa shape index (κ2) is 10.8. The highest BCUT2D eigenvalue weighted by atomic mass is 35.5. The number of nitrogens with one attached hydrogen (secondary N) is 3. The van der Waals surface area contributed by atoms with Crippen molar-refractivity contribution in [2.45, 2.75) is 18.3 Å². The van der Waals surface area contributed by atoms with Crippen molar-refractivity contribution in [1.82, 2.24) is 0 Å². The summed E-state index contributed by atoms with van der Waals surface area (Å²) in [5.74, 6) is -14.0. The minimum atomic E-state index is -6.56. The van der Waals surface area contributed by atoms with Gasteiger partial charge in [-0.2, -0.15) is 35.1 Å². The lowest BCUT2D eigenvalue weighted by atomic mass is 9.91. The van der Waals surface area contributed by atoms with Gasteiger partial charge in [0.05, 0.1) is 16.3 Å². The van der Waals surface area contributed by atoms with Crippen LogP contribution in [0.2, 0.25) is 5.02 Å². The molecule has 1 unspecified atom stereocenters. The van der Waals surface area contributed by atoms with Gasteiger partial charge in [-0.1, -0.05) is 23.7 Å². The van der Waals surface area contributed by atoms with Gasteiger partial charge in [0.1, 0.15) is 23.2 Å². The third kappa shape index (κ3) is 6.58. The number of rotatable bonds is 7. The van der Waals surface area contributed by atoms with Gasteiger partial charge in [-0.3, -0.25) is 14.6 Å². The Hall–Kier alpha value is -3.62. The van der Waals surface area contributed by atoms with Crippen molar-refractivity contribution >= 4 is 46.2 Å². The van der Waals surface area contributed by atoms with E-state index < -0.39 is 64.5 Å². The predicted molar refractivity (Wildman–Crippen MR) is 116 cm³/mol. The number of aliphatic imine (C=N–C) groups is 1. The molecule has 2 aromatic rings. The zero-order valence-electron chi connectivity index (χ0n) is 18.2. The number of para-hydroxylation sites is 1. The van der Waals surface area contributed by atoms with Crippen molar-refractivity contribution in [3.05, 3.63) is 58.9 Å². The second-order valence-electron chi connectivity index (χ2n) is 7.15. The fraction of sp³-hybridized carbons (Fsp3) is 0.238. The smallest absolute Gasteiger partial charge is 0.321 e. The summed E-state index contributed by atoms with van der Waals surface area (Å²) < 4.78 is 119. The number of anilines is 2. The van der Waals surface area contributed by atoms with Crippen molar-refractivity contribution in [2.75, 3.05) is 17.7 Å². The highest BCUT2D eigenvalue weighted by Gasteiger charge is 2.66. The zero-order valence-corrected chi connectivity index (χ0v) is 18.9. The Kier molecular flexibility index (Phi) is 8.63. The number of alkyl halides is 8. The fourth-order valence-electron chi connectivity index (χ4n) is 2.88. The van der Waals surface area contributed by atoms with Crippen LogP contribution in [0.15, 0.2) is 47.5 Å². The molecule has 6 nitrogen and oxygen atoms in total. The largest absolute Gasteiger partial charge is 0.459 e. The number of carbonyl (C=O) groups excluding carboxylic acids is 2. The Balaban J connectivity index is 2.38. The molecule has 16 heteroatoms. The lowest BCUT2D eigenvalue weighted by Crippen LogP contribution is -2.54. The highest BCUT2D eigenvalue weighted by molar-refractivity contribution is 6.47. The topological polar surface area (TPSA) is 94.4 Å². The first-order valence-corrected chi connectivity index (χ1v) is 10.0. The molecular formula is C21H14ClF9N4O2. The van der Waals surface area contributed by atoms with Crippen LogP contribution in [0.4, 0.5) is 50.9 Å². The van der Waals surface area contributed by atoms with E-state index in [1.54, 1.807) is 5.32 Å². The Bertz CT molecular complexity index is 1240. The van der Waals surface area contributed by atoms with Crippen LogP contribution in [0.1, 0.15) is 10.4 Å². The normalized spacial score (nSPS) is 13.6. The number of hydrogen-bond acceptors (Lipinski definition) is 4. The molecule has 0 aromatic heterocycles. The van der Waals surface area contributed by atoms with Crippen LogP contribution in [0.5, 0.6) is 0 Å². The molecule has 0 heterocycles. The van der Waals surface area contributed by atoms with Crippen LogP contribution in [0.3, 0.4) is 0 Å². The minimum Gasteiger partial charge on any atom is -0.321 e. The summed E-state index contributed by atoms with van der Waals surface area (Å²) in [7, 11) is 0.516. The molecule has 2 aromatic carbocycles. The van der Waals surface area contributed by atoms with Gasteiger partial charge in [-0.15, -0.1) is 0 Å². The summed E-state index contributed by atoms with van der Waals surface area (Å²) in [4.78, 5) is 27.9. The molecule has 0 spiro atoms. The Labute approximate surface area is 207 Å². The van der Waals surface area contributed by atoms with E-state index in [0.717, 1.165) is 24.3 Å². The Morgan fingerprint density at radius 1 is 0.973 bits per heavy atom. The van der Waals surface area contributed by atoms with Gasteiger partial charge in [-0.05, 0) is 30.3 Å². The number of carbonyl (C=O) groups is 2. The Morgan fingerprint density at radius 2 is 1.57 bits per heavy atom. The first kappa shape index (κ1) is 29.6. The fourth-order valence-corrected chi connectivity index (χ4v) is 3.08. The minimum absolute atomic E-state index is 0.254.